The van der Waals surface area contributed by atoms with E-state index in [0.717, 1.165) is 5.69 Å². The highest BCUT2D eigenvalue weighted by molar-refractivity contribution is 5.77. The topological polar surface area (TPSA) is 55.3 Å². The van der Waals surface area contributed by atoms with E-state index in [2.05, 4.69) is 10.6 Å². The van der Waals surface area contributed by atoms with Crippen LogP contribution in [-0.4, -0.2) is 10.8 Å². The summed E-state index contributed by atoms with van der Waals surface area (Å²) in [6.07, 6.45) is 1.67. The predicted molar refractivity (Wildman–Crippen MR) is 45.1 cm³/mol. The van der Waals surface area contributed by atoms with Gasteiger partial charge in [0.1, 0.15) is 0 Å². The minimum absolute atomic E-state index is 1.03. The number of hydrazine groups is 1. The summed E-state index contributed by atoms with van der Waals surface area (Å²) >= 11 is 0. The summed E-state index contributed by atoms with van der Waals surface area (Å²) in [5, 5.41) is 3.70. The van der Waals surface area contributed by atoms with Gasteiger partial charge < -0.3 is 4.57 Å². The van der Waals surface area contributed by atoms with E-state index in [4.69, 9.17) is 5.84 Å². The zero-order valence-electron chi connectivity index (χ0n) is 6.70. The minimum Gasteiger partial charge on any atom is -0.347 e. The van der Waals surface area contributed by atoms with Crippen molar-refractivity contribution >= 4 is 6.21 Å². The largest absolute Gasteiger partial charge is 0.347 e. The summed E-state index contributed by atoms with van der Waals surface area (Å²) < 4.78 is 2.03. The van der Waals surface area contributed by atoms with Crippen LogP contribution < -0.4 is 11.4 Å². The minimum atomic E-state index is 1.03. The smallest absolute Gasteiger partial charge is 0.0720 e. The quantitative estimate of drug-likeness (QED) is 0.359. The number of hydrogen-bond donors (Lipinski definition) is 2. The molecule has 4 nitrogen and oxygen atoms in total. The fraction of sp³-hybridized carbons (Fsp3) is 0.286. The van der Waals surface area contributed by atoms with Crippen LogP contribution in [0.5, 0.6) is 0 Å². The van der Waals surface area contributed by atoms with Gasteiger partial charge in [0, 0.05) is 12.7 Å². The lowest BCUT2D eigenvalue weighted by Gasteiger charge is -1.98. The normalized spacial score (nSPS) is 10.8. The maximum absolute atomic E-state index is 4.98. The Hall–Kier alpha value is -1.29. The number of hydrazone groups is 1. The molecule has 0 aliphatic carbocycles. The molecule has 0 atom stereocenters. The Morgan fingerprint density at radius 3 is 2.82 bits per heavy atom. The molecule has 0 saturated heterocycles. The molecule has 0 aliphatic rings. The van der Waals surface area contributed by atoms with Crippen molar-refractivity contribution in [2.24, 2.45) is 18.0 Å². The standard InChI is InChI=1S/C7H12N4/c1-6-3-4-7(11(6)2)5-9-10-8/h3-5,10H,8H2,1-2H3. The van der Waals surface area contributed by atoms with Crippen LogP contribution in [-0.2, 0) is 7.05 Å². The van der Waals surface area contributed by atoms with E-state index in [0.29, 0.717) is 0 Å². The van der Waals surface area contributed by atoms with Gasteiger partial charge in [-0.3, -0.25) is 0 Å². The Morgan fingerprint density at radius 1 is 1.64 bits per heavy atom. The molecule has 0 spiro atoms. The average molecular weight is 152 g/mol. The van der Waals surface area contributed by atoms with E-state index in [1.54, 1.807) is 6.21 Å². The fourth-order valence-corrected chi connectivity index (χ4v) is 0.866. The van der Waals surface area contributed by atoms with E-state index in [1.165, 1.54) is 5.69 Å². The molecule has 0 aliphatic heterocycles. The molecule has 0 aromatic carbocycles. The van der Waals surface area contributed by atoms with E-state index in [-0.39, 0.29) is 0 Å². The average Bonchev–Trinajstić information content (AvgIpc) is 2.31. The second-order valence-corrected chi connectivity index (χ2v) is 2.35. The maximum atomic E-state index is 4.98. The molecule has 0 saturated carbocycles. The molecule has 0 unspecified atom stereocenters. The van der Waals surface area contributed by atoms with Crippen LogP contribution in [0, 0.1) is 6.92 Å². The number of nitrogens with one attached hydrogen (secondary N) is 1. The van der Waals surface area contributed by atoms with Crippen molar-refractivity contribution < 1.29 is 0 Å². The van der Waals surface area contributed by atoms with Crippen molar-refractivity contribution in [2.45, 2.75) is 6.92 Å². The lowest BCUT2D eigenvalue weighted by molar-refractivity contribution is 0.805. The zero-order valence-corrected chi connectivity index (χ0v) is 6.70. The first-order valence-electron chi connectivity index (χ1n) is 3.36. The summed E-state index contributed by atoms with van der Waals surface area (Å²) in [7, 11) is 1.98. The molecule has 0 bridgehead atoms. The third-order valence-electron chi connectivity index (χ3n) is 1.68. The number of nitrogens with zero attached hydrogens (tertiary/aromatic N) is 2. The lowest BCUT2D eigenvalue weighted by atomic mass is 10.4. The highest BCUT2D eigenvalue weighted by Gasteiger charge is 1.95. The first-order valence-corrected chi connectivity index (χ1v) is 3.36. The van der Waals surface area contributed by atoms with Crippen LogP contribution in [0.2, 0.25) is 0 Å². The summed E-state index contributed by atoms with van der Waals surface area (Å²) in [6.45, 7) is 2.03. The predicted octanol–water partition coefficient (Wildman–Crippen LogP) is 0.131. The Labute approximate surface area is 65.7 Å². The molecule has 3 N–H and O–H groups in total. The van der Waals surface area contributed by atoms with Gasteiger partial charge >= 0.3 is 0 Å². The van der Waals surface area contributed by atoms with Gasteiger partial charge in [-0.1, -0.05) is 0 Å². The van der Waals surface area contributed by atoms with Crippen LogP contribution in [0.15, 0.2) is 17.2 Å². The number of nitrogens with two attached hydrogens (primary N) is 1. The van der Waals surface area contributed by atoms with Crippen LogP contribution in [0.25, 0.3) is 0 Å². The van der Waals surface area contributed by atoms with Crippen LogP contribution in [0.4, 0.5) is 0 Å². The van der Waals surface area contributed by atoms with E-state index < -0.39 is 0 Å². The van der Waals surface area contributed by atoms with Crippen LogP contribution in [0.3, 0.4) is 0 Å². The third kappa shape index (κ3) is 1.59. The number of aromatic nitrogens is 1. The van der Waals surface area contributed by atoms with Gasteiger partial charge in [0.25, 0.3) is 0 Å². The number of rotatable bonds is 2. The summed E-state index contributed by atoms with van der Waals surface area (Å²) in [4.78, 5) is 0. The molecular formula is C7H12N4. The summed E-state index contributed by atoms with van der Waals surface area (Å²) in [5.41, 5.74) is 4.43. The summed E-state index contributed by atoms with van der Waals surface area (Å²) in [5.74, 6) is 4.98. The zero-order chi connectivity index (χ0) is 8.27. The molecule has 0 radical (unpaired) electrons. The van der Waals surface area contributed by atoms with Gasteiger partial charge in [0.15, 0.2) is 0 Å². The first kappa shape index (κ1) is 7.81. The molecule has 11 heavy (non-hydrogen) atoms. The molecule has 1 heterocycles. The molecule has 1 aromatic rings. The number of aryl methyl sites for hydroxylation is 1. The Kier molecular flexibility index (Phi) is 2.28. The molecule has 0 amide bonds. The van der Waals surface area contributed by atoms with Crippen molar-refractivity contribution in [1.29, 1.82) is 0 Å². The first-order chi connectivity index (χ1) is 5.25. The molecule has 1 aromatic heterocycles. The van der Waals surface area contributed by atoms with Gasteiger partial charge in [0.05, 0.1) is 11.9 Å². The van der Waals surface area contributed by atoms with Gasteiger partial charge in [-0.2, -0.15) is 5.10 Å². The van der Waals surface area contributed by atoms with E-state index in [9.17, 15) is 0 Å². The fourth-order valence-electron chi connectivity index (χ4n) is 0.866. The van der Waals surface area contributed by atoms with Crippen molar-refractivity contribution in [3.8, 4) is 0 Å². The highest BCUT2D eigenvalue weighted by Crippen LogP contribution is 2.02. The lowest BCUT2D eigenvalue weighted by Crippen LogP contribution is -2.14. The van der Waals surface area contributed by atoms with Crippen molar-refractivity contribution in [3.63, 3.8) is 0 Å². The Bertz CT molecular complexity index is 261. The molecule has 4 heteroatoms. The third-order valence-corrected chi connectivity index (χ3v) is 1.68. The Balaban J connectivity index is 2.87. The van der Waals surface area contributed by atoms with Crippen molar-refractivity contribution in [1.82, 2.24) is 10.1 Å². The van der Waals surface area contributed by atoms with Crippen LogP contribution in [0.1, 0.15) is 11.4 Å². The van der Waals surface area contributed by atoms with Crippen molar-refractivity contribution in [3.05, 3.63) is 23.5 Å². The molecule has 1 rings (SSSR count). The van der Waals surface area contributed by atoms with Gasteiger partial charge in [-0.25, -0.2) is 11.4 Å². The molecular weight excluding hydrogens is 140 g/mol. The molecule has 60 valence electrons. The second-order valence-electron chi connectivity index (χ2n) is 2.35. The monoisotopic (exact) mass is 152 g/mol. The Morgan fingerprint density at radius 2 is 2.36 bits per heavy atom. The van der Waals surface area contributed by atoms with Gasteiger partial charge in [-0.15, -0.1) is 0 Å². The van der Waals surface area contributed by atoms with Gasteiger partial charge in [0.2, 0.25) is 0 Å². The van der Waals surface area contributed by atoms with Crippen molar-refractivity contribution in [2.75, 3.05) is 0 Å². The van der Waals surface area contributed by atoms with E-state index in [1.807, 2.05) is 30.7 Å². The van der Waals surface area contributed by atoms with E-state index >= 15 is 0 Å². The summed E-state index contributed by atoms with van der Waals surface area (Å²) in [6, 6.07) is 4.01. The van der Waals surface area contributed by atoms with Gasteiger partial charge in [-0.05, 0) is 19.1 Å². The molecule has 0 fully saturated rings. The van der Waals surface area contributed by atoms with Crippen LogP contribution >= 0.6 is 0 Å². The SMILES string of the molecule is Cc1ccc(C=NNN)n1C. The number of hydrogen-bond acceptors (Lipinski definition) is 3. The maximum Gasteiger partial charge on any atom is 0.0720 e. The second kappa shape index (κ2) is 3.21. The highest BCUT2D eigenvalue weighted by atomic mass is 15.5.